The molecule has 3 aliphatic rings. The Kier molecular flexibility index (Phi) is 8.84. The average Bonchev–Trinajstić information content (AvgIpc) is 3.60. The second kappa shape index (κ2) is 12.3. The molecule has 0 unspecified atom stereocenters. The number of benzene rings is 2. The molecule has 0 heterocycles. The van der Waals surface area contributed by atoms with Crippen molar-refractivity contribution in [2.75, 3.05) is 12.4 Å². The predicted molar refractivity (Wildman–Crippen MR) is 154 cm³/mol. The summed E-state index contributed by atoms with van der Waals surface area (Å²) in [7, 11) is -4.21. The molecule has 2 aromatic rings. The number of anilines is 1. The number of fused-ring (bicyclic) bond motifs is 2. The van der Waals surface area contributed by atoms with Gasteiger partial charge in [0, 0.05) is 17.8 Å². The highest BCUT2D eigenvalue weighted by Crippen LogP contribution is 2.49. The Morgan fingerprint density at radius 3 is 2.36 bits per heavy atom. The topological polar surface area (TPSA) is 135 Å². The van der Waals surface area contributed by atoms with Crippen molar-refractivity contribution in [2.24, 2.45) is 23.7 Å². The number of amides is 2. The normalized spacial score (nSPS) is 26.5. The quantitative estimate of drug-likeness (QED) is 0.386. The molecule has 2 bridgehead atoms. The van der Waals surface area contributed by atoms with Crippen LogP contribution in [0.5, 0.6) is 11.5 Å². The van der Waals surface area contributed by atoms with Gasteiger partial charge < -0.3 is 20.1 Å². The number of halogens is 3. The molecule has 2 aromatic carbocycles. The number of carbonyl (C=O) groups excluding carboxylic acids is 2. The minimum Gasteiger partial charge on any atom is -0.496 e. The van der Waals surface area contributed by atoms with Crippen LogP contribution in [0.1, 0.15) is 67.8 Å². The third-order valence-electron chi connectivity index (χ3n) is 9.16. The molecule has 3 saturated carbocycles. The molecule has 0 aromatic heterocycles. The summed E-state index contributed by atoms with van der Waals surface area (Å²) < 4.78 is 74.6. The zero-order valence-corrected chi connectivity index (χ0v) is 25.1. The van der Waals surface area contributed by atoms with E-state index in [2.05, 4.69) is 23.6 Å². The summed E-state index contributed by atoms with van der Waals surface area (Å²) in [6, 6.07) is 8.52. The highest BCUT2D eigenvalue weighted by molar-refractivity contribution is 7.92. The summed E-state index contributed by atoms with van der Waals surface area (Å²) in [5, 5.41) is 15.3. The van der Waals surface area contributed by atoms with E-state index in [-0.39, 0.29) is 46.3 Å². The number of methoxy groups -OCH3 is 1. The van der Waals surface area contributed by atoms with Gasteiger partial charge in [0.1, 0.15) is 17.6 Å². The van der Waals surface area contributed by atoms with Gasteiger partial charge in [0.15, 0.2) is 0 Å². The minimum atomic E-state index is -5.60. The lowest BCUT2D eigenvalue weighted by atomic mass is 9.83. The highest BCUT2D eigenvalue weighted by Gasteiger charge is 2.52. The Bertz CT molecular complexity index is 1580. The summed E-state index contributed by atoms with van der Waals surface area (Å²) in [5.41, 5.74) is -5.19. The first-order valence-corrected chi connectivity index (χ1v) is 16.1. The second-order valence-electron chi connectivity index (χ2n) is 12.0. The maximum absolute atomic E-state index is 13.7. The van der Waals surface area contributed by atoms with E-state index in [0.717, 1.165) is 56.7 Å². The van der Waals surface area contributed by atoms with Crippen molar-refractivity contribution in [2.45, 2.75) is 74.4 Å². The Labute approximate surface area is 254 Å². The van der Waals surface area contributed by atoms with Gasteiger partial charge in [0.2, 0.25) is 5.91 Å². The minimum absolute atomic E-state index is 0.000895. The lowest BCUT2D eigenvalue weighted by Crippen LogP contribution is -2.48. The number of rotatable bonds is 8. The van der Waals surface area contributed by atoms with E-state index in [9.17, 15) is 36.4 Å². The summed E-state index contributed by atoms with van der Waals surface area (Å²) in [4.78, 5) is 26.2. The first-order valence-electron chi connectivity index (χ1n) is 14.6. The summed E-state index contributed by atoms with van der Waals surface area (Å²) >= 11 is 0. The van der Waals surface area contributed by atoms with Crippen LogP contribution in [0.25, 0.3) is 0 Å². The van der Waals surface area contributed by atoms with Gasteiger partial charge in [-0.05, 0) is 87.0 Å². The molecule has 4 atom stereocenters. The van der Waals surface area contributed by atoms with E-state index in [0.29, 0.717) is 12.3 Å². The van der Waals surface area contributed by atoms with Crippen molar-refractivity contribution in [1.29, 1.82) is 5.26 Å². The second-order valence-corrected chi connectivity index (χ2v) is 13.9. The van der Waals surface area contributed by atoms with Crippen LogP contribution in [-0.4, -0.2) is 45.0 Å². The van der Waals surface area contributed by atoms with Crippen molar-refractivity contribution >= 4 is 27.3 Å². The Morgan fingerprint density at radius 1 is 1.00 bits per heavy atom. The van der Waals surface area contributed by atoms with Crippen LogP contribution in [0.15, 0.2) is 41.3 Å². The summed E-state index contributed by atoms with van der Waals surface area (Å²) in [5.74, 6) is -0.724. The zero-order valence-electron chi connectivity index (χ0n) is 24.3. The Morgan fingerprint density at radius 2 is 1.70 bits per heavy atom. The van der Waals surface area contributed by atoms with E-state index in [1.165, 1.54) is 25.3 Å². The number of nitrogens with zero attached hydrogens (tertiary/aromatic N) is 1. The van der Waals surface area contributed by atoms with Crippen LogP contribution < -0.4 is 20.1 Å². The largest absolute Gasteiger partial charge is 0.501 e. The molecule has 236 valence electrons. The van der Waals surface area contributed by atoms with E-state index < -0.39 is 44.0 Å². The lowest BCUT2D eigenvalue weighted by Gasteiger charge is -2.31. The fraction of sp³-hybridized carbons (Fsp3) is 0.516. The molecule has 13 heteroatoms. The number of carbonyl (C=O) groups is 2. The van der Waals surface area contributed by atoms with Crippen LogP contribution in [0.4, 0.5) is 18.9 Å². The molecule has 3 aliphatic carbocycles. The van der Waals surface area contributed by atoms with Crippen LogP contribution in [0.3, 0.4) is 0 Å². The monoisotopic (exact) mass is 633 g/mol. The van der Waals surface area contributed by atoms with Crippen LogP contribution in [0.2, 0.25) is 0 Å². The molecule has 0 radical (unpaired) electrons. The van der Waals surface area contributed by atoms with Gasteiger partial charge in [0.05, 0.1) is 35.2 Å². The SMILES string of the molecule is COc1cc(C#N)c(OC2CCC(C)CC2)cc1C(=O)N[C@@H]1[C@H]2CC[C@H](C2)[C@@H]1C(=O)Nc1cccc(S(=O)(=O)C(F)(F)F)c1. The maximum atomic E-state index is 13.7. The number of hydrogen-bond acceptors (Lipinski definition) is 7. The first-order chi connectivity index (χ1) is 20.8. The summed E-state index contributed by atoms with van der Waals surface area (Å²) in [6.45, 7) is 2.19. The summed E-state index contributed by atoms with van der Waals surface area (Å²) in [6.07, 6.45) is 5.83. The number of ether oxygens (including phenoxy) is 2. The van der Waals surface area contributed by atoms with Gasteiger partial charge in [0.25, 0.3) is 15.7 Å². The Hall–Kier alpha value is -3.79. The lowest BCUT2D eigenvalue weighted by molar-refractivity contribution is -0.122. The van der Waals surface area contributed by atoms with Crippen molar-refractivity contribution < 1.29 is 40.7 Å². The predicted octanol–water partition coefficient (Wildman–Crippen LogP) is 5.60. The standard InChI is InChI=1S/C31H34F3N3O6S/c1-17-6-10-22(11-7-17)43-25-15-24(26(42-2)13-20(25)16-35)29(38)37-28-19-9-8-18(12-19)27(28)30(39)36-21-4-3-5-23(14-21)44(40,41)31(32,33)34/h3-5,13-15,17-19,22,27-28H,6-12H2,1-2H3,(H,36,39)(H,37,38)/t17?,18-,19+,22?,27+,28-/m1/s1. The van der Waals surface area contributed by atoms with Crippen molar-refractivity contribution in [3.63, 3.8) is 0 Å². The van der Waals surface area contributed by atoms with Crippen LogP contribution in [0, 0.1) is 35.0 Å². The average molecular weight is 634 g/mol. The van der Waals surface area contributed by atoms with Gasteiger partial charge in [-0.25, -0.2) is 8.42 Å². The molecule has 9 nitrogen and oxygen atoms in total. The molecular formula is C31H34F3N3O6S. The van der Waals surface area contributed by atoms with Crippen LogP contribution in [-0.2, 0) is 14.6 Å². The van der Waals surface area contributed by atoms with Crippen molar-refractivity contribution in [1.82, 2.24) is 5.32 Å². The van der Waals surface area contributed by atoms with Gasteiger partial charge in [-0.1, -0.05) is 13.0 Å². The third kappa shape index (κ3) is 6.22. The zero-order chi connectivity index (χ0) is 31.8. The number of nitrogens with one attached hydrogen (secondary N) is 2. The fourth-order valence-corrected chi connectivity index (χ4v) is 7.63. The van der Waals surface area contributed by atoms with E-state index in [4.69, 9.17) is 9.47 Å². The van der Waals surface area contributed by atoms with Gasteiger partial charge in [-0.2, -0.15) is 18.4 Å². The molecular weight excluding hydrogens is 599 g/mol. The molecule has 0 spiro atoms. The molecule has 0 aliphatic heterocycles. The Balaban J connectivity index is 1.36. The molecule has 2 N–H and O–H groups in total. The molecule has 3 fully saturated rings. The number of sulfone groups is 1. The number of nitriles is 1. The van der Waals surface area contributed by atoms with Crippen LogP contribution >= 0.6 is 0 Å². The van der Waals surface area contributed by atoms with Gasteiger partial charge in [-0.3, -0.25) is 9.59 Å². The molecule has 2 amide bonds. The van der Waals surface area contributed by atoms with Crippen molar-refractivity contribution in [3.8, 4) is 17.6 Å². The molecule has 44 heavy (non-hydrogen) atoms. The maximum Gasteiger partial charge on any atom is 0.501 e. The highest BCUT2D eigenvalue weighted by atomic mass is 32.2. The van der Waals surface area contributed by atoms with Gasteiger partial charge in [-0.15, -0.1) is 0 Å². The number of hydrogen-bond donors (Lipinski definition) is 2. The molecule has 5 rings (SSSR count). The smallest absolute Gasteiger partial charge is 0.496 e. The van der Waals surface area contributed by atoms with E-state index in [1.807, 2.05) is 0 Å². The van der Waals surface area contributed by atoms with Crippen molar-refractivity contribution in [3.05, 3.63) is 47.5 Å². The third-order valence-corrected chi connectivity index (χ3v) is 10.6. The van der Waals surface area contributed by atoms with E-state index >= 15 is 0 Å². The fourth-order valence-electron chi connectivity index (χ4n) is 6.82. The number of alkyl halides is 3. The van der Waals surface area contributed by atoms with Gasteiger partial charge >= 0.3 is 5.51 Å². The first kappa shape index (κ1) is 31.6. The van der Waals surface area contributed by atoms with E-state index in [1.54, 1.807) is 0 Å². The molecule has 0 saturated heterocycles.